The summed E-state index contributed by atoms with van der Waals surface area (Å²) in [5, 5.41) is 0.156. The lowest BCUT2D eigenvalue weighted by atomic mass is 10.4. The van der Waals surface area contributed by atoms with Gasteiger partial charge in [-0.3, -0.25) is 4.40 Å². The van der Waals surface area contributed by atoms with Gasteiger partial charge in [-0.25, -0.2) is 9.78 Å². The second kappa shape index (κ2) is 3.31. The largest absolute Gasteiger partial charge is 0.464 e. The number of hydrogen-bond acceptors (Lipinski definition) is 3. The van der Waals surface area contributed by atoms with Gasteiger partial charge in [0.15, 0.2) is 10.8 Å². The molecule has 0 spiro atoms. The lowest BCUT2D eigenvalue weighted by molar-refractivity contribution is 0.0593. The minimum atomic E-state index is -0.492. The monoisotopic (exact) mass is 210 g/mol. The average molecular weight is 211 g/mol. The zero-order chi connectivity index (χ0) is 10.1. The quantitative estimate of drug-likeness (QED) is 0.674. The maximum absolute atomic E-state index is 11.3. The van der Waals surface area contributed by atoms with Crippen molar-refractivity contribution in [1.29, 1.82) is 0 Å². The van der Waals surface area contributed by atoms with Crippen LogP contribution >= 0.6 is 11.6 Å². The summed E-state index contributed by atoms with van der Waals surface area (Å²) in [7, 11) is 1.31. The van der Waals surface area contributed by atoms with Crippen LogP contribution in [-0.4, -0.2) is 22.5 Å². The first kappa shape index (κ1) is 9.02. The molecule has 0 saturated carbocycles. The van der Waals surface area contributed by atoms with E-state index >= 15 is 0 Å². The molecule has 2 heterocycles. The van der Waals surface area contributed by atoms with Gasteiger partial charge in [0.1, 0.15) is 5.65 Å². The van der Waals surface area contributed by atoms with Crippen molar-refractivity contribution in [3.8, 4) is 0 Å². The highest BCUT2D eigenvalue weighted by Crippen LogP contribution is 2.17. The number of imidazole rings is 1. The van der Waals surface area contributed by atoms with Crippen molar-refractivity contribution in [3.63, 3.8) is 0 Å². The van der Waals surface area contributed by atoms with Gasteiger partial charge in [-0.15, -0.1) is 0 Å². The number of ether oxygens (including phenoxy) is 1. The standard InChI is InChI=1S/C9H7ClN2O2/c1-14-9(13)7-8(10)11-6-4-2-3-5-12(6)7/h2-5H,1H3. The van der Waals surface area contributed by atoms with Crippen LogP contribution in [0.1, 0.15) is 10.5 Å². The van der Waals surface area contributed by atoms with Gasteiger partial charge in [0.05, 0.1) is 7.11 Å². The Hall–Kier alpha value is -1.55. The fraction of sp³-hybridized carbons (Fsp3) is 0.111. The molecule has 2 rings (SSSR count). The van der Waals surface area contributed by atoms with Crippen LogP contribution in [0.3, 0.4) is 0 Å². The average Bonchev–Trinajstić information content (AvgIpc) is 2.53. The summed E-state index contributed by atoms with van der Waals surface area (Å²) >= 11 is 5.81. The van der Waals surface area contributed by atoms with Gasteiger partial charge in [0, 0.05) is 6.20 Å². The minimum Gasteiger partial charge on any atom is -0.464 e. The molecule has 2 aromatic rings. The molecule has 14 heavy (non-hydrogen) atoms. The minimum absolute atomic E-state index is 0.156. The third kappa shape index (κ3) is 1.24. The van der Waals surface area contributed by atoms with Crippen molar-refractivity contribution in [2.75, 3.05) is 7.11 Å². The number of halogens is 1. The third-order valence-corrected chi connectivity index (χ3v) is 2.13. The molecule has 0 atom stereocenters. The number of carbonyl (C=O) groups excluding carboxylic acids is 1. The fourth-order valence-electron chi connectivity index (χ4n) is 1.25. The number of aromatic nitrogens is 2. The number of methoxy groups -OCH3 is 1. The van der Waals surface area contributed by atoms with Crippen molar-refractivity contribution in [3.05, 3.63) is 35.2 Å². The van der Waals surface area contributed by atoms with Crippen LogP contribution in [-0.2, 0) is 4.74 Å². The number of esters is 1. The first-order chi connectivity index (χ1) is 6.74. The van der Waals surface area contributed by atoms with E-state index in [0.29, 0.717) is 5.65 Å². The van der Waals surface area contributed by atoms with Gasteiger partial charge in [0.2, 0.25) is 0 Å². The summed E-state index contributed by atoms with van der Waals surface area (Å²) < 4.78 is 6.19. The van der Waals surface area contributed by atoms with Crippen molar-refractivity contribution < 1.29 is 9.53 Å². The predicted octanol–water partition coefficient (Wildman–Crippen LogP) is 1.77. The molecule has 4 nitrogen and oxygen atoms in total. The van der Waals surface area contributed by atoms with Gasteiger partial charge in [-0.1, -0.05) is 17.7 Å². The fourth-order valence-corrected chi connectivity index (χ4v) is 1.50. The number of rotatable bonds is 1. The van der Waals surface area contributed by atoms with E-state index in [1.807, 2.05) is 6.07 Å². The van der Waals surface area contributed by atoms with E-state index in [0.717, 1.165) is 0 Å². The third-order valence-electron chi connectivity index (χ3n) is 1.87. The van der Waals surface area contributed by atoms with Crippen LogP contribution in [0.15, 0.2) is 24.4 Å². The van der Waals surface area contributed by atoms with Crippen LogP contribution in [0.4, 0.5) is 0 Å². The zero-order valence-electron chi connectivity index (χ0n) is 7.40. The number of carbonyl (C=O) groups is 1. The molecule has 0 amide bonds. The molecule has 0 aliphatic carbocycles. The molecule has 0 unspecified atom stereocenters. The summed E-state index contributed by atoms with van der Waals surface area (Å²) in [4.78, 5) is 15.4. The normalized spacial score (nSPS) is 10.4. The SMILES string of the molecule is COC(=O)c1c(Cl)nc2ccccn12. The summed E-state index contributed by atoms with van der Waals surface area (Å²) in [5.74, 6) is -0.492. The van der Waals surface area contributed by atoms with Gasteiger partial charge in [0.25, 0.3) is 0 Å². The molecule has 0 N–H and O–H groups in total. The van der Waals surface area contributed by atoms with E-state index < -0.39 is 5.97 Å². The lowest BCUT2D eigenvalue weighted by Gasteiger charge is -1.98. The molecule has 0 aliphatic rings. The van der Waals surface area contributed by atoms with E-state index in [2.05, 4.69) is 9.72 Å². The lowest BCUT2D eigenvalue weighted by Crippen LogP contribution is -2.05. The van der Waals surface area contributed by atoms with Gasteiger partial charge >= 0.3 is 5.97 Å². The Kier molecular flexibility index (Phi) is 2.13. The van der Waals surface area contributed by atoms with Crippen molar-refractivity contribution in [2.45, 2.75) is 0 Å². The molecule has 0 bridgehead atoms. The Labute approximate surface area is 85.1 Å². The first-order valence-corrected chi connectivity index (χ1v) is 4.32. The van der Waals surface area contributed by atoms with Crippen LogP contribution < -0.4 is 0 Å². The van der Waals surface area contributed by atoms with Gasteiger partial charge in [-0.2, -0.15) is 0 Å². The van der Waals surface area contributed by atoms with Crippen LogP contribution in [0.25, 0.3) is 5.65 Å². The van der Waals surface area contributed by atoms with Crippen molar-refractivity contribution in [1.82, 2.24) is 9.38 Å². The summed E-state index contributed by atoms with van der Waals surface area (Å²) in [5.41, 5.74) is 0.877. The summed E-state index contributed by atoms with van der Waals surface area (Å²) in [6.07, 6.45) is 1.71. The maximum Gasteiger partial charge on any atom is 0.358 e. The molecular formula is C9H7ClN2O2. The van der Waals surface area contributed by atoms with E-state index in [9.17, 15) is 4.79 Å². The molecule has 0 radical (unpaired) electrons. The smallest absolute Gasteiger partial charge is 0.358 e. The molecule has 0 aromatic carbocycles. The Morgan fingerprint density at radius 3 is 3.07 bits per heavy atom. The molecule has 2 aromatic heterocycles. The topological polar surface area (TPSA) is 43.6 Å². The Morgan fingerprint density at radius 1 is 1.57 bits per heavy atom. The number of hydrogen-bond donors (Lipinski definition) is 0. The molecule has 5 heteroatoms. The summed E-state index contributed by atoms with van der Waals surface area (Å²) in [6.45, 7) is 0. The highest BCUT2D eigenvalue weighted by molar-refractivity contribution is 6.32. The number of pyridine rings is 1. The predicted molar refractivity (Wildman–Crippen MR) is 51.5 cm³/mol. The van der Waals surface area contributed by atoms with E-state index in [4.69, 9.17) is 11.6 Å². The van der Waals surface area contributed by atoms with E-state index in [-0.39, 0.29) is 10.8 Å². The van der Waals surface area contributed by atoms with E-state index in [1.54, 1.807) is 22.7 Å². The van der Waals surface area contributed by atoms with Crippen LogP contribution in [0.2, 0.25) is 5.15 Å². The van der Waals surface area contributed by atoms with Crippen LogP contribution in [0, 0.1) is 0 Å². The maximum atomic E-state index is 11.3. The molecule has 0 fully saturated rings. The number of fused-ring (bicyclic) bond motifs is 1. The summed E-state index contributed by atoms with van der Waals surface area (Å²) in [6, 6.07) is 5.37. The second-order valence-electron chi connectivity index (χ2n) is 2.67. The number of nitrogens with zero attached hydrogens (tertiary/aromatic N) is 2. The Bertz CT molecular complexity index is 493. The molecular weight excluding hydrogens is 204 g/mol. The molecule has 0 saturated heterocycles. The van der Waals surface area contributed by atoms with Gasteiger partial charge in [-0.05, 0) is 12.1 Å². The second-order valence-corrected chi connectivity index (χ2v) is 3.03. The van der Waals surface area contributed by atoms with Crippen molar-refractivity contribution in [2.24, 2.45) is 0 Å². The highest BCUT2D eigenvalue weighted by Gasteiger charge is 2.17. The Balaban J connectivity index is 2.74. The van der Waals surface area contributed by atoms with E-state index in [1.165, 1.54) is 7.11 Å². The first-order valence-electron chi connectivity index (χ1n) is 3.95. The Morgan fingerprint density at radius 2 is 2.36 bits per heavy atom. The van der Waals surface area contributed by atoms with Crippen molar-refractivity contribution >= 4 is 23.2 Å². The van der Waals surface area contributed by atoms with Crippen LogP contribution in [0.5, 0.6) is 0 Å². The highest BCUT2D eigenvalue weighted by atomic mass is 35.5. The zero-order valence-corrected chi connectivity index (χ0v) is 8.15. The molecule has 0 aliphatic heterocycles. The molecule has 72 valence electrons. The van der Waals surface area contributed by atoms with Gasteiger partial charge < -0.3 is 4.74 Å².